The van der Waals surface area contributed by atoms with Gasteiger partial charge in [0.15, 0.2) is 5.65 Å². The van der Waals surface area contributed by atoms with Gasteiger partial charge in [0.1, 0.15) is 11.6 Å². The lowest BCUT2D eigenvalue weighted by Gasteiger charge is -2.29. The largest absolute Gasteiger partial charge is 0.392 e. The summed E-state index contributed by atoms with van der Waals surface area (Å²) in [6.07, 6.45) is 4.50. The molecular weight excluding hydrogens is 544 g/mol. The van der Waals surface area contributed by atoms with Crippen LogP contribution in [0.15, 0.2) is 90.1 Å². The van der Waals surface area contributed by atoms with E-state index in [2.05, 4.69) is 9.88 Å². The standard InChI is InChI=1S/C32H29F2N3O3S/c1-21-4-10-29(11-5-21)41(39,40)37-20-31(24-13-26(33)16-27(34)14-24)30-15-25(17-35-32(30)37)23-8-6-22(7-9-23)18-36-12-2-3-28(38)19-36/h4-11,13-17,20,28,38H,2-3,12,18-19H2,1H3. The topological polar surface area (TPSA) is 75.4 Å². The highest BCUT2D eigenvalue weighted by atomic mass is 32.2. The fraction of sp³-hybridized carbons (Fsp3) is 0.219. The highest BCUT2D eigenvalue weighted by molar-refractivity contribution is 7.90. The first-order chi connectivity index (χ1) is 19.7. The molecule has 3 aromatic carbocycles. The van der Waals surface area contributed by atoms with Crippen LogP contribution in [0.1, 0.15) is 24.0 Å². The summed E-state index contributed by atoms with van der Waals surface area (Å²) >= 11 is 0. The van der Waals surface area contributed by atoms with Gasteiger partial charge in [0.25, 0.3) is 10.0 Å². The Morgan fingerprint density at radius 1 is 0.927 bits per heavy atom. The molecule has 1 N–H and O–H groups in total. The van der Waals surface area contributed by atoms with Gasteiger partial charge in [-0.05, 0) is 73.3 Å². The van der Waals surface area contributed by atoms with Gasteiger partial charge in [-0.25, -0.2) is 26.2 Å². The van der Waals surface area contributed by atoms with Crippen molar-refractivity contribution in [2.24, 2.45) is 0 Å². The van der Waals surface area contributed by atoms with E-state index in [4.69, 9.17) is 0 Å². The predicted molar refractivity (Wildman–Crippen MR) is 155 cm³/mol. The molecule has 9 heteroatoms. The van der Waals surface area contributed by atoms with Crippen molar-refractivity contribution < 1.29 is 22.3 Å². The number of piperidine rings is 1. The first-order valence-electron chi connectivity index (χ1n) is 13.5. The highest BCUT2D eigenvalue weighted by Gasteiger charge is 2.24. The van der Waals surface area contributed by atoms with Gasteiger partial charge in [-0.3, -0.25) is 4.90 Å². The zero-order chi connectivity index (χ0) is 28.7. The Kier molecular flexibility index (Phi) is 7.19. The first kappa shape index (κ1) is 27.3. The number of hydrogen-bond acceptors (Lipinski definition) is 5. The normalized spacial score (nSPS) is 16.3. The number of aliphatic hydroxyl groups excluding tert-OH is 1. The van der Waals surface area contributed by atoms with Crippen LogP contribution in [0.2, 0.25) is 0 Å². The second-order valence-electron chi connectivity index (χ2n) is 10.6. The summed E-state index contributed by atoms with van der Waals surface area (Å²) in [4.78, 5) is 6.86. The van der Waals surface area contributed by atoms with Gasteiger partial charge in [0.2, 0.25) is 0 Å². The molecule has 6 nitrogen and oxygen atoms in total. The zero-order valence-electron chi connectivity index (χ0n) is 22.5. The van der Waals surface area contributed by atoms with E-state index in [1.165, 1.54) is 30.5 Å². The third-order valence-corrected chi connectivity index (χ3v) is 9.20. The maximum absolute atomic E-state index is 14.2. The Morgan fingerprint density at radius 3 is 2.32 bits per heavy atom. The summed E-state index contributed by atoms with van der Waals surface area (Å²) in [5, 5.41) is 10.4. The number of halogens is 2. The number of rotatable bonds is 6. The van der Waals surface area contributed by atoms with Crippen molar-refractivity contribution >= 4 is 21.1 Å². The first-order valence-corrected chi connectivity index (χ1v) is 14.9. The summed E-state index contributed by atoms with van der Waals surface area (Å²) in [5.74, 6) is -1.52. The van der Waals surface area contributed by atoms with E-state index >= 15 is 0 Å². The summed E-state index contributed by atoms with van der Waals surface area (Å²) in [6, 6.07) is 19.4. The quantitative estimate of drug-likeness (QED) is 0.264. The van der Waals surface area contributed by atoms with Crippen molar-refractivity contribution in [1.82, 2.24) is 13.9 Å². The van der Waals surface area contributed by atoms with Gasteiger partial charge in [0.05, 0.1) is 11.0 Å². The van der Waals surface area contributed by atoms with Crippen LogP contribution in [0.5, 0.6) is 0 Å². The van der Waals surface area contributed by atoms with Crippen molar-refractivity contribution in [3.63, 3.8) is 0 Å². The number of nitrogens with zero attached hydrogens (tertiary/aromatic N) is 3. The molecule has 2 aromatic heterocycles. The van der Waals surface area contributed by atoms with E-state index < -0.39 is 21.7 Å². The number of aliphatic hydroxyl groups is 1. The van der Waals surface area contributed by atoms with Crippen LogP contribution in [0, 0.1) is 18.6 Å². The molecule has 0 saturated carbocycles. The minimum atomic E-state index is -4.05. The Morgan fingerprint density at radius 2 is 1.63 bits per heavy atom. The van der Waals surface area contributed by atoms with Crippen LogP contribution in [-0.4, -0.2) is 46.6 Å². The Bertz CT molecular complexity index is 1820. The molecule has 3 heterocycles. The molecule has 210 valence electrons. The molecule has 1 aliphatic heterocycles. The fourth-order valence-electron chi connectivity index (χ4n) is 5.42. The lowest BCUT2D eigenvalue weighted by Crippen LogP contribution is -2.37. The molecule has 1 unspecified atom stereocenters. The van der Waals surface area contributed by atoms with Crippen LogP contribution in [0.3, 0.4) is 0 Å². The zero-order valence-corrected chi connectivity index (χ0v) is 23.3. The number of aryl methyl sites for hydroxylation is 1. The molecule has 5 aromatic rings. The maximum atomic E-state index is 14.2. The Balaban J connectivity index is 1.43. The summed E-state index contributed by atoms with van der Waals surface area (Å²) < 4.78 is 56.9. The van der Waals surface area contributed by atoms with E-state index in [1.54, 1.807) is 24.4 Å². The molecule has 0 radical (unpaired) electrons. The summed E-state index contributed by atoms with van der Waals surface area (Å²) in [5.41, 5.74) is 4.36. The Hall–Kier alpha value is -3.92. The fourth-order valence-corrected chi connectivity index (χ4v) is 6.74. The lowest BCUT2D eigenvalue weighted by molar-refractivity contribution is 0.0668. The van der Waals surface area contributed by atoms with Crippen molar-refractivity contribution in [2.75, 3.05) is 13.1 Å². The van der Waals surface area contributed by atoms with Crippen molar-refractivity contribution in [3.8, 4) is 22.3 Å². The molecule has 0 amide bonds. The maximum Gasteiger partial charge on any atom is 0.269 e. The van der Waals surface area contributed by atoms with Crippen molar-refractivity contribution in [1.29, 1.82) is 0 Å². The van der Waals surface area contributed by atoms with Crippen LogP contribution >= 0.6 is 0 Å². The molecule has 1 fully saturated rings. The van der Waals surface area contributed by atoms with Crippen LogP contribution in [-0.2, 0) is 16.6 Å². The summed E-state index contributed by atoms with van der Waals surface area (Å²) in [6.45, 7) is 4.22. The van der Waals surface area contributed by atoms with E-state index in [0.29, 0.717) is 17.5 Å². The molecule has 6 rings (SSSR count). The SMILES string of the molecule is Cc1ccc(S(=O)(=O)n2cc(-c3cc(F)cc(F)c3)c3cc(-c4ccc(CN5CCCC(O)C5)cc4)cnc32)cc1. The monoisotopic (exact) mass is 573 g/mol. The predicted octanol–water partition coefficient (Wildman–Crippen LogP) is 6.15. The van der Waals surface area contributed by atoms with Gasteiger partial charge in [-0.1, -0.05) is 42.0 Å². The van der Waals surface area contributed by atoms with Gasteiger partial charge >= 0.3 is 0 Å². The second-order valence-corrected chi connectivity index (χ2v) is 12.5. The third-order valence-electron chi connectivity index (χ3n) is 7.54. The highest BCUT2D eigenvalue weighted by Crippen LogP contribution is 2.35. The molecule has 0 aliphatic carbocycles. The number of fused-ring (bicyclic) bond motifs is 1. The molecule has 41 heavy (non-hydrogen) atoms. The molecule has 1 atom stereocenters. The number of likely N-dealkylation sites (tertiary alicyclic amines) is 1. The molecular formula is C32H29F2N3O3S. The summed E-state index contributed by atoms with van der Waals surface area (Å²) in [7, 11) is -4.05. The van der Waals surface area contributed by atoms with Gasteiger partial charge in [-0.2, -0.15) is 0 Å². The van der Waals surface area contributed by atoms with Gasteiger partial charge in [0, 0.05) is 48.1 Å². The smallest absolute Gasteiger partial charge is 0.269 e. The van der Waals surface area contributed by atoms with E-state index in [1.807, 2.05) is 31.2 Å². The van der Waals surface area contributed by atoms with Crippen LogP contribution in [0.4, 0.5) is 8.78 Å². The molecule has 1 saturated heterocycles. The average molecular weight is 574 g/mol. The minimum absolute atomic E-state index is 0.0830. The van der Waals surface area contributed by atoms with E-state index in [-0.39, 0.29) is 22.2 Å². The van der Waals surface area contributed by atoms with Crippen LogP contribution < -0.4 is 0 Å². The van der Waals surface area contributed by atoms with Gasteiger partial charge in [-0.15, -0.1) is 0 Å². The van der Waals surface area contributed by atoms with E-state index in [0.717, 1.165) is 58.2 Å². The number of hydrogen-bond donors (Lipinski definition) is 1. The number of aromatic nitrogens is 2. The number of benzene rings is 3. The average Bonchev–Trinajstić information content (AvgIpc) is 3.33. The van der Waals surface area contributed by atoms with Crippen molar-refractivity contribution in [3.05, 3.63) is 108 Å². The minimum Gasteiger partial charge on any atom is -0.392 e. The molecule has 0 spiro atoms. The third kappa shape index (κ3) is 5.53. The van der Waals surface area contributed by atoms with Crippen molar-refractivity contribution in [2.45, 2.75) is 37.3 Å². The van der Waals surface area contributed by atoms with Crippen LogP contribution in [0.25, 0.3) is 33.3 Å². The molecule has 0 bridgehead atoms. The number of pyridine rings is 1. The van der Waals surface area contributed by atoms with Gasteiger partial charge < -0.3 is 5.11 Å². The lowest BCUT2D eigenvalue weighted by atomic mass is 10.0. The van der Waals surface area contributed by atoms with E-state index in [9.17, 15) is 22.3 Å². The second kappa shape index (κ2) is 10.8. The molecule has 1 aliphatic rings. The number of β-amino-alcohol motifs (C(OH)–C–C–N with tert-alkyl or cyclic N) is 1. The Labute approximate surface area is 237 Å².